The van der Waals surface area contributed by atoms with Crippen molar-refractivity contribution in [3.8, 4) is 5.75 Å². The van der Waals surface area contributed by atoms with Crippen molar-refractivity contribution in [1.82, 2.24) is 4.72 Å². The highest BCUT2D eigenvalue weighted by Crippen LogP contribution is 2.25. The smallest absolute Gasteiger partial charge is 0.241 e. The Kier molecular flexibility index (Phi) is 6.39. The Labute approximate surface area is 154 Å². The molecule has 1 amide bonds. The molecule has 2 aromatic carbocycles. The van der Waals surface area contributed by atoms with Crippen LogP contribution >= 0.6 is 0 Å². The van der Waals surface area contributed by atoms with Crippen molar-refractivity contribution >= 4 is 21.6 Å². The SMILES string of the molecule is CCC(NS(=O)(=O)c1cc(NC(C)=O)ccc1C)c1ccc(OC)cc1. The molecule has 7 heteroatoms. The third kappa shape index (κ3) is 4.83. The fraction of sp³-hybridized carbons (Fsp3) is 0.316. The van der Waals surface area contributed by atoms with Crippen LogP contribution in [0.1, 0.15) is 37.4 Å². The van der Waals surface area contributed by atoms with Crippen LogP contribution in [0, 0.1) is 6.92 Å². The summed E-state index contributed by atoms with van der Waals surface area (Å²) < 4.78 is 33.7. The molecule has 2 rings (SSSR count). The highest BCUT2D eigenvalue weighted by molar-refractivity contribution is 7.89. The third-order valence-electron chi connectivity index (χ3n) is 4.02. The van der Waals surface area contributed by atoms with Crippen LogP contribution in [0.5, 0.6) is 5.75 Å². The fourth-order valence-electron chi connectivity index (χ4n) is 2.64. The average Bonchev–Trinajstić information content (AvgIpc) is 2.61. The van der Waals surface area contributed by atoms with Crippen LogP contribution in [0.15, 0.2) is 47.4 Å². The van der Waals surface area contributed by atoms with Gasteiger partial charge in [0.25, 0.3) is 0 Å². The van der Waals surface area contributed by atoms with Gasteiger partial charge >= 0.3 is 0 Å². The number of nitrogens with one attached hydrogen (secondary N) is 2. The zero-order valence-corrected chi connectivity index (χ0v) is 16.2. The molecule has 1 atom stereocenters. The Morgan fingerprint density at radius 2 is 1.81 bits per heavy atom. The molecule has 0 fully saturated rings. The Morgan fingerprint density at radius 3 is 2.35 bits per heavy atom. The van der Waals surface area contributed by atoms with E-state index in [4.69, 9.17) is 4.74 Å². The summed E-state index contributed by atoms with van der Waals surface area (Å²) in [4.78, 5) is 11.4. The van der Waals surface area contributed by atoms with Crippen molar-refractivity contribution in [2.45, 2.75) is 38.1 Å². The van der Waals surface area contributed by atoms with Crippen LogP contribution in [-0.4, -0.2) is 21.4 Å². The van der Waals surface area contributed by atoms with Crippen LogP contribution in [-0.2, 0) is 14.8 Å². The number of sulfonamides is 1. The molecule has 2 aromatic rings. The number of rotatable bonds is 7. The lowest BCUT2D eigenvalue weighted by atomic mass is 10.1. The minimum absolute atomic E-state index is 0.149. The first kappa shape index (κ1) is 19.9. The van der Waals surface area contributed by atoms with Gasteiger partial charge in [-0.15, -0.1) is 0 Å². The summed E-state index contributed by atoms with van der Waals surface area (Å²) >= 11 is 0. The number of carbonyl (C=O) groups is 1. The predicted molar refractivity (Wildman–Crippen MR) is 102 cm³/mol. The molecular weight excluding hydrogens is 352 g/mol. The van der Waals surface area contributed by atoms with Gasteiger partial charge in [0.2, 0.25) is 15.9 Å². The van der Waals surface area contributed by atoms with E-state index < -0.39 is 10.0 Å². The summed E-state index contributed by atoms with van der Waals surface area (Å²) in [6.45, 7) is 5.02. The lowest BCUT2D eigenvalue weighted by molar-refractivity contribution is -0.114. The molecular formula is C19H24N2O4S. The van der Waals surface area contributed by atoms with Crippen molar-refractivity contribution in [2.24, 2.45) is 0 Å². The largest absolute Gasteiger partial charge is 0.497 e. The molecule has 0 aromatic heterocycles. The van der Waals surface area contributed by atoms with Crippen molar-refractivity contribution in [1.29, 1.82) is 0 Å². The summed E-state index contributed by atoms with van der Waals surface area (Å²) in [7, 11) is -2.17. The number of ether oxygens (including phenoxy) is 1. The number of aryl methyl sites for hydroxylation is 1. The van der Waals surface area contributed by atoms with Crippen LogP contribution in [0.4, 0.5) is 5.69 Å². The maximum absolute atomic E-state index is 12.9. The highest BCUT2D eigenvalue weighted by Gasteiger charge is 2.22. The first-order valence-electron chi connectivity index (χ1n) is 8.31. The van der Waals surface area contributed by atoms with E-state index in [0.717, 1.165) is 5.56 Å². The van der Waals surface area contributed by atoms with Gasteiger partial charge in [-0.3, -0.25) is 4.79 Å². The van der Waals surface area contributed by atoms with Gasteiger partial charge in [0.05, 0.1) is 12.0 Å². The maximum atomic E-state index is 12.9. The zero-order valence-electron chi connectivity index (χ0n) is 15.4. The number of hydrogen-bond acceptors (Lipinski definition) is 4. The number of amides is 1. The number of anilines is 1. The van der Waals surface area contributed by atoms with Gasteiger partial charge in [0, 0.05) is 18.7 Å². The van der Waals surface area contributed by atoms with E-state index in [1.807, 2.05) is 19.1 Å². The van der Waals surface area contributed by atoms with E-state index in [0.29, 0.717) is 23.4 Å². The number of methoxy groups -OCH3 is 1. The van der Waals surface area contributed by atoms with E-state index >= 15 is 0 Å². The van der Waals surface area contributed by atoms with Crippen LogP contribution in [0.2, 0.25) is 0 Å². The fourth-order valence-corrected chi connectivity index (χ4v) is 4.22. The third-order valence-corrected chi connectivity index (χ3v) is 5.64. The van der Waals surface area contributed by atoms with Crippen molar-refractivity contribution in [3.05, 3.63) is 53.6 Å². The lowest BCUT2D eigenvalue weighted by Gasteiger charge is -2.19. The zero-order chi connectivity index (χ0) is 19.3. The topological polar surface area (TPSA) is 84.5 Å². The summed E-state index contributed by atoms with van der Waals surface area (Å²) in [5, 5.41) is 2.61. The molecule has 1 unspecified atom stereocenters. The van der Waals surface area contributed by atoms with Gasteiger partial charge in [-0.05, 0) is 48.7 Å². The summed E-state index contributed by atoms with van der Waals surface area (Å²) in [5.74, 6) is 0.458. The van der Waals surface area contributed by atoms with Crippen LogP contribution < -0.4 is 14.8 Å². The molecule has 26 heavy (non-hydrogen) atoms. The van der Waals surface area contributed by atoms with E-state index in [1.54, 1.807) is 38.3 Å². The first-order valence-corrected chi connectivity index (χ1v) is 9.79. The Hall–Kier alpha value is -2.38. The maximum Gasteiger partial charge on any atom is 0.241 e. The monoisotopic (exact) mass is 376 g/mol. The molecule has 2 N–H and O–H groups in total. The van der Waals surface area contributed by atoms with Gasteiger partial charge in [-0.1, -0.05) is 25.1 Å². The Balaban J connectivity index is 2.32. The second-order valence-corrected chi connectivity index (χ2v) is 7.70. The van der Waals surface area contributed by atoms with Gasteiger partial charge in [0.15, 0.2) is 0 Å². The van der Waals surface area contributed by atoms with E-state index in [1.165, 1.54) is 13.0 Å². The summed E-state index contributed by atoms with van der Waals surface area (Å²) in [6.07, 6.45) is 0.593. The number of hydrogen-bond donors (Lipinski definition) is 2. The van der Waals surface area contributed by atoms with E-state index in [9.17, 15) is 13.2 Å². The van der Waals surface area contributed by atoms with Gasteiger partial charge in [-0.25, -0.2) is 13.1 Å². The molecule has 0 bridgehead atoms. The minimum atomic E-state index is -3.76. The molecule has 0 saturated carbocycles. The molecule has 0 heterocycles. The second-order valence-electron chi connectivity index (χ2n) is 6.02. The van der Waals surface area contributed by atoms with Gasteiger partial charge in [-0.2, -0.15) is 0 Å². The van der Waals surface area contributed by atoms with E-state index in [-0.39, 0.29) is 16.8 Å². The van der Waals surface area contributed by atoms with Crippen LogP contribution in [0.3, 0.4) is 0 Å². The highest BCUT2D eigenvalue weighted by atomic mass is 32.2. The summed E-state index contributed by atoms with van der Waals surface area (Å²) in [6, 6.07) is 11.7. The first-order chi connectivity index (χ1) is 12.3. The predicted octanol–water partition coefficient (Wildman–Crippen LogP) is 3.39. The normalized spacial score (nSPS) is 12.5. The Bertz CT molecular complexity index is 877. The standard InChI is InChI=1S/C19H24N2O4S/c1-5-18(15-7-10-17(25-4)11-8-15)21-26(23,24)19-12-16(20-14(3)22)9-6-13(19)2/h6-12,18,21H,5H2,1-4H3,(H,20,22). The van der Waals surface area contributed by atoms with Crippen molar-refractivity contribution < 1.29 is 17.9 Å². The van der Waals surface area contributed by atoms with Crippen molar-refractivity contribution in [2.75, 3.05) is 12.4 Å². The van der Waals surface area contributed by atoms with Crippen molar-refractivity contribution in [3.63, 3.8) is 0 Å². The average molecular weight is 376 g/mol. The summed E-state index contributed by atoms with van der Waals surface area (Å²) in [5.41, 5.74) is 1.91. The van der Waals surface area contributed by atoms with Crippen LogP contribution in [0.25, 0.3) is 0 Å². The molecule has 0 aliphatic carbocycles. The molecule has 6 nitrogen and oxygen atoms in total. The van der Waals surface area contributed by atoms with Gasteiger partial charge < -0.3 is 10.1 Å². The lowest BCUT2D eigenvalue weighted by Crippen LogP contribution is -2.29. The molecule has 140 valence electrons. The number of carbonyl (C=O) groups excluding carboxylic acids is 1. The molecule has 0 aliphatic rings. The Morgan fingerprint density at radius 1 is 1.15 bits per heavy atom. The quantitative estimate of drug-likeness (QED) is 0.776. The molecule has 0 radical (unpaired) electrons. The minimum Gasteiger partial charge on any atom is -0.497 e. The second kappa shape index (κ2) is 8.33. The van der Waals surface area contributed by atoms with E-state index in [2.05, 4.69) is 10.0 Å². The number of benzene rings is 2. The van der Waals surface area contributed by atoms with Gasteiger partial charge in [0.1, 0.15) is 5.75 Å². The molecule has 0 saturated heterocycles. The molecule has 0 spiro atoms. The molecule has 0 aliphatic heterocycles.